The predicted molar refractivity (Wildman–Crippen MR) is 61.6 cm³/mol. The molecule has 0 radical (unpaired) electrons. The summed E-state index contributed by atoms with van der Waals surface area (Å²) in [6.07, 6.45) is 1.20. The lowest BCUT2D eigenvalue weighted by atomic mass is 9.82. The highest BCUT2D eigenvalue weighted by atomic mass is 32.2. The minimum absolute atomic E-state index is 0.0343. The second kappa shape index (κ2) is 5.95. The minimum Gasteiger partial charge on any atom is -0.393 e. The summed E-state index contributed by atoms with van der Waals surface area (Å²) in [6, 6.07) is 0. The van der Waals surface area contributed by atoms with Gasteiger partial charge in [-0.3, -0.25) is 0 Å². The highest BCUT2D eigenvalue weighted by molar-refractivity contribution is 7.89. The molecule has 0 unspecified atom stereocenters. The van der Waals surface area contributed by atoms with Crippen molar-refractivity contribution in [2.24, 2.45) is 5.92 Å². The molecule has 0 aromatic carbocycles. The average molecular weight is 251 g/mol. The van der Waals surface area contributed by atoms with Gasteiger partial charge < -0.3 is 9.84 Å². The van der Waals surface area contributed by atoms with Gasteiger partial charge in [-0.15, -0.1) is 0 Å². The van der Waals surface area contributed by atoms with Gasteiger partial charge in [0.05, 0.1) is 18.5 Å². The van der Waals surface area contributed by atoms with Crippen molar-refractivity contribution in [1.29, 1.82) is 0 Å². The van der Waals surface area contributed by atoms with Gasteiger partial charge in [0.2, 0.25) is 10.0 Å². The molecule has 0 aromatic heterocycles. The van der Waals surface area contributed by atoms with E-state index in [4.69, 9.17) is 9.84 Å². The molecule has 96 valence electrons. The second-order valence-electron chi connectivity index (χ2n) is 4.28. The van der Waals surface area contributed by atoms with E-state index in [2.05, 4.69) is 0 Å². The number of aliphatic hydroxyl groups excluding tert-OH is 1. The highest BCUT2D eigenvalue weighted by Gasteiger charge is 2.30. The number of nitrogens with zero attached hydrogens (tertiary/aromatic N) is 1. The van der Waals surface area contributed by atoms with E-state index >= 15 is 0 Å². The third-order valence-electron chi connectivity index (χ3n) is 2.89. The van der Waals surface area contributed by atoms with Crippen molar-refractivity contribution in [3.63, 3.8) is 0 Å². The van der Waals surface area contributed by atoms with E-state index in [1.807, 2.05) is 6.92 Å². The maximum Gasteiger partial charge on any atom is 0.216 e. The molecule has 16 heavy (non-hydrogen) atoms. The second-order valence-corrected chi connectivity index (χ2v) is 6.48. The molecule has 6 heteroatoms. The summed E-state index contributed by atoms with van der Waals surface area (Å²) >= 11 is 0. The predicted octanol–water partition coefficient (Wildman–Crippen LogP) is 0.0554. The monoisotopic (exact) mass is 251 g/mol. The van der Waals surface area contributed by atoms with E-state index in [1.165, 1.54) is 4.31 Å². The quantitative estimate of drug-likeness (QED) is 0.650. The van der Waals surface area contributed by atoms with Gasteiger partial charge in [0, 0.05) is 20.2 Å². The molecule has 0 aliphatic heterocycles. The van der Waals surface area contributed by atoms with Crippen molar-refractivity contribution < 1.29 is 18.3 Å². The Morgan fingerprint density at radius 2 is 2.06 bits per heavy atom. The molecule has 1 rings (SSSR count). The topological polar surface area (TPSA) is 66.8 Å². The van der Waals surface area contributed by atoms with E-state index in [-0.39, 0.29) is 18.5 Å². The summed E-state index contributed by atoms with van der Waals surface area (Å²) < 4.78 is 29.9. The first-order valence-corrected chi connectivity index (χ1v) is 7.26. The van der Waals surface area contributed by atoms with Crippen molar-refractivity contribution in [3.8, 4) is 0 Å². The Morgan fingerprint density at radius 3 is 2.56 bits per heavy atom. The Kier molecular flexibility index (Phi) is 5.17. The van der Waals surface area contributed by atoms with Crippen LogP contribution in [0, 0.1) is 5.92 Å². The molecule has 1 aliphatic rings. The van der Waals surface area contributed by atoms with E-state index in [1.54, 1.807) is 7.05 Å². The van der Waals surface area contributed by atoms with Crippen LogP contribution in [0.2, 0.25) is 0 Å². The lowest BCUT2D eigenvalue weighted by Crippen LogP contribution is -2.40. The van der Waals surface area contributed by atoms with Crippen molar-refractivity contribution in [1.82, 2.24) is 4.31 Å². The van der Waals surface area contributed by atoms with Crippen LogP contribution in [0.3, 0.4) is 0 Å². The first-order chi connectivity index (χ1) is 7.45. The number of aliphatic hydroxyl groups is 1. The number of rotatable bonds is 7. The normalized spacial score (nSPS) is 25.8. The molecule has 0 heterocycles. The fourth-order valence-electron chi connectivity index (χ4n) is 1.79. The molecule has 1 N–H and O–H groups in total. The number of hydrogen-bond acceptors (Lipinski definition) is 4. The molecule has 5 nitrogen and oxygen atoms in total. The molecule has 0 atom stereocenters. The fourth-order valence-corrected chi connectivity index (χ4v) is 2.87. The summed E-state index contributed by atoms with van der Waals surface area (Å²) in [5, 5.41) is 9.12. The number of sulfonamides is 1. The summed E-state index contributed by atoms with van der Waals surface area (Å²) in [6.45, 7) is 3.13. The summed E-state index contributed by atoms with van der Waals surface area (Å²) in [5.41, 5.74) is 0. The zero-order chi connectivity index (χ0) is 12.2. The molecule has 0 aromatic rings. The summed E-state index contributed by atoms with van der Waals surface area (Å²) in [4.78, 5) is 0. The molecular formula is C10H21NO4S. The van der Waals surface area contributed by atoms with Gasteiger partial charge >= 0.3 is 0 Å². The standard InChI is InChI=1S/C10H21NO4S/c1-3-15-4-5-16(13,14)11(2)8-9-6-10(12)7-9/h9-10,12H,3-8H2,1-2H3. The number of hydrogen-bond donors (Lipinski definition) is 1. The van der Waals surface area contributed by atoms with Crippen LogP contribution in [0.15, 0.2) is 0 Å². The van der Waals surface area contributed by atoms with Gasteiger partial charge in [-0.05, 0) is 25.7 Å². The lowest BCUT2D eigenvalue weighted by Gasteiger charge is -2.34. The molecule has 0 bridgehead atoms. The van der Waals surface area contributed by atoms with Crippen LogP contribution in [0.25, 0.3) is 0 Å². The van der Waals surface area contributed by atoms with Gasteiger partial charge in [0.1, 0.15) is 0 Å². The SMILES string of the molecule is CCOCCS(=O)(=O)N(C)CC1CC(O)C1. The fraction of sp³-hybridized carbons (Fsp3) is 1.00. The van der Waals surface area contributed by atoms with E-state index in [0.29, 0.717) is 31.9 Å². The van der Waals surface area contributed by atoms with Crippen LogP contribution in [0.4, 0.5) is 0 Å². The van der Waals surface area contributed by atoms with Crippen LogP contribution in [0.1, 0.15) is 19.8 Å². The molecule has 1 saturated carbocycles. The zero-order valence-electron chi connectivity index (χ0n) is 9.92. The Balaban J connectivity index is 2.30. The maximum absolute atomic E-state index is 11.7. The van der Waals surface area contributed by atoms with Gasteiger partial charge in [-0.1, -0.05) is 0 Å². The smallest absolute Gasteiger partial charge is 0.216 e. The third-order valence-corrected chi connectivity index (χ3v) is 4.67. The minimum atomic E-state index is -3.19. The van der Waals surface area contributed by atoms with Gasteiger partial charge in [-0.25, -0.2) is 12.7 Å². The number of ether oxygens (including phenoxy) is 1. The highest BCUT2D eigenvalue weighted by Crippen LogP contribution is 2.28. The van der Waals surface area contributed by atoms with E-state index in [9.17, 15) is 8.42 Å². The van der Waals surface area contributed by atoms with Crippen LogP contribution in [-0.4, -0.2) is 56.5 Å². The van der Waals surface area contributed by atoms with E-state index in [0.717, 1.165) is 0 Å². The molecule has 1 aliphatic carbocycles. The first-order valence-electron chi connectivity index (χ1n) is 5.65. The van der Waals surface area contributed by atoms with Crippen molar-refractivity contribution in [3.05, 3.63) is 0 Å². The van der Waals surface area contributed by atoms with Gasteiger partial charge in [0.25, 0.3) is 0 Å². The zero-order valence-corrected chi connectivity index (χ0v) is 10.7. The summed E-state index contributed by atoms with van der Waals surface area (Å²) in [5.74, 6) is 0.342. The Morgan fingerprint density at radius 1 is 1.44 bits per heavy atom. The molecule has 0 saturated heterocycles. The third kappa shape index (κ3) is 4.01. The van der Waals surface area contributed by atoms with Crippen LogP contribution < -0.4 is 0 Å². The van der Waals surface area contributed by atoms with Gasteiger partial charge in [0.15, 0.2) is 0 Å². The Bertz CT molecular complexity index is 298. The Labute approximate surface area is 97.4 Å². The van der Waals surface area contributed by atoms with Crippen LogP contribution in [-0.2, 0) is 14.8 Å². The Hall–Kier alpha value is -0.170. The molecular weight excluding hydrogens is 230 g/mol. The first kappa shape index (κ1) is 13.9. The van der Waals surface area contributed by atoms with Crippen molar-refractivity contribution >= 4 is 10.0 Å². The molecule has 0 amide bonds. The van der Waals surface area contributed by atoms with Gasteiger partial charge in [-0.2, -0.15) is 0 Å². The molecule has 1 fully saturated rings. The lowest BCUT2D eigenvalue weighted by molar-refractivity contribution is 0.0366. The van der Waals surface area contributed by atoms with Crippen molar-refractivity contribution in [2.75, 3.05) is 32.6 Å². The van der Waals surface area contributed by atoms with Crippen molar-refractivity contribution in [2.45, 2.75) is 25.9 Å². The maximum atomic E-state index is 11.7. The largest absolute Gasteiger partial charge is 0.393 e. The van der Waals surface area contributed by atoms with Crippen LogP contribution >= 0.6 is 0 Å². The van der Waals surface area contributed by atoms with E-state index < -0.39 is 10.0 Å². The summed E-state index contributed by atoms with van der Waals surface area (Å²) in [7, 11) is -1.61. The average Bonchev–Trinajstić information content (AvgIpc) is 2.15. The molecule has 0 spiro atoms. The van der Waals surface area contributed by atoms with Crippen LogP contribution in [0.5, 0.6) is 0 Å².